The molecule has 0 saturated carbocycles. The van der Waals surface area contributed by atoms with Gasteiger partial charge in [-0.25, -0.2) is 0 Å². The molecule has 2 nitrogen and oxygen atoms in total. The van der Waals surface area contributed by atoms with E-state index in [2.05, 4.69) is 98.0 Å². The molecule has 0 bridgehead atoms. The first kappa shape index (κ1) is 17.1. The lowest BCUT2D eigenvalue weighted by Gasteiger charge is -2.20. The monoisotopic (exact) mass is 398 g/mol. The summed E-state index contributed by atoms with van der Waals surface area (Å²) in [6, 6.07) is 26.9. The molecule has 0 aliphatic rings. The maximum absolute atomic E-state index is 4.87. The second-order valence-electron chi connectivity index (χ2n) is 9.75. The molecule has 7 rings (SSSR count). The standard InChI is InChI=1S/C29H22N2/c1-29(2,3)20-9-11-22-25(16-20)31-24-15-19-7-5-4-6-18(19)14-23(24)21-10-8-17-12-13-30-27(22)26(17)28(21)31/h4-16H,1-3H3. The fourth-order valence-corrected chi connectivity index (χ4v) is 5.29. The van der Waals surface area contributed by atoms with Gasteiger partial charge in [0.1, 0.15) is 0 Å². The minimum absolute atomic E-state index is 0.0835. The normalized spacial score (nSPS) is 13.0. The van der Waals surface area contributed by atoms with Crippen LogP contribution in [0.3, 0.4) is 0 Å². The van der Waals surface area contributed by atoms with Gasteiger partial charge in [0.05, 0.1) is 22.1 Å². The number of benzene rings is 4. The van der Waals surface area contributed by atoms with Crippen molar-refractivity contribution in [2.75, 3.05) is 0 Å². The fraction of sp³-hybridized carbons (Fsp3) is 0.138. The molecule has 0 atom stereocenters. The predicted molar refractivity (Wildman–Crippen MR) is 133 cm³/mol. The molecule has 4 aromatic carbocycles. The Kier molecular flexibility index (Phi) is 3.04. The smallest absolute Gasteiger partial charge is 0.0822 e. The van der Waals surface area contributed by atoms with Crippen LogP contribution in [0.1, 0.15) is 26.3 Å². The molecule has 0 fully saturated rings. The highest BCUT2D eigenvalue weighted by Gasteiger charge is 2.21. The number of hydrogen-bond acceptors (Lipinski definition) is 1. The van der Waals surface area contributed by atoms with Crippen LogP contribution in [0.25, 0.3) is 59.8 Å². The zero-order valence-corrected chi connectivity index (χ0v) is 17.9. The Morgan fingerprint density at radius 2 is 1.42 bits per heavy atom. The Labute approximate surface area is 180 Å². The molecule has 7 aromatic rings. The molecule has 148 valence electrons. The molecule has 0 unspecified atom stereocenters. The highest BCUT2D eigenvalue weighted by atomic mass is 14.9. The highest BCUT2D eigenvalue weighted by molar-refractivity contribution is 6.28. The third kappa shape index (κ3) is 2.14. The van der Waals surface area contributed by atoms with Crippen LogP contribution in [0.2, 0.25) is 0 Å². The molecule has 0 aliphatic carbocycles. The van der Waals surface area contributed by atoms with Gasteiger partial charge in [0.25, 0.3) is 0 Å². The van der Waals surface area contributed by atoms with Crippen molar-refractivity contribution >= 4 is 59.8 Å². The molecule has 31 heavy (non-hydrogen) atoms. The van der Waals surface area contributed by atoms with E-state index in [0.717, 1.165) is 5.52 Å². The SMILES string of the molecule is CC(C)(C)c1ccc2c3nccc4ccc5c6cc7ccccc7cc6n(c2c1)c5c43. The molecule has 0 aliphatic heterocycles. The van der Waals surface area contributed by atoms with E-state index in [1.807, 2.05) is 6.20 Å². The van der Waals surface area contributed by atoms with Crippen LogP contribution >= 0.6 is 0 Å². The quantitative estimate of drug-likeness (QED) is 0.188. The zero-order chi connectivity index (χ0) is 20.9. The van der Waals surface area contributed by atoms with E-state index < -0.39 is 0 Å². The van der Waals surface area contributed by atoms with E-state index in [-0.39, 0.29) is 5.41 Å². The van der Waals surface area contributed by atoms with E-state index in [0.29, 0.717) is 0 Å². The van der Waals surface area contributed by atoms with Crippen LogP contribution in [0.4, 0.5) is 0 Å². The van der Waals surface area contributed by atoms with Gasteiger partial charge in [-0.2, -0.15) is 0 Å². The van der Waals surface area contributed by atoms with E-state index in [4.69, 9.17) is 4.98 Å². The van der Waals surface area contributed by atoms with Gasteiger partial charge < -0.3 is 4.40 Å². The second kappa shape index (κ2) is 5.53. The molecule has 0 amide bonds. The van der Waals surface area contributed by atoms with Gasteiger partial charge in [-0.15, -0.1) is 0 Å². The lowest BCUT2D eigenvalue weighted by molar-refractivity contribution is 0.591. The summed E-state index contributed by atoms with van der Waals surface area (Å²) >= 11 is 0. The molecular weight excluding hydrogens is 376 g/mol. The number of pyridine rings is 2. The summed E-state index contributed by atoms with van der Waals surface area (Å²) in [5.74, 6) is 0. The van der Waals surface area contributed by atoms with Gasteiger partial charge in [0.2, 0.25) is 0 Å². The predicted octanol–water partition coefficient (Wildman–Crippen LogP) is 7.84. The minimum atomic E-state index is 0.0835. The Morgan fingerprint density at radius 3 is 2.23 bits per heavy atom. The van der Waals surface area contributed by atoms with Gasteiger partial charge in [-0.3, -0.25) is 4.98 Å². The van der Waals surface area contributed by atoms with Crippen LogP contribution in [0.15, 0.2) is 79.0 Å². The largest absolute Gasteiger partial charge is 0.308 e. The lowest BCUT2D eigenvalue weighted by Crippen LogP contribution is -2.11. The summed E-state index contributed by atoms with van der Waals surface area (Å²) < 4.78 is 2.48. The Bertz CT molecular complexity index is 1810. The molecule has 2 heteroatoms. The summed E-state index contributed by atoms with van der Waals surface area (Å²) in [6.07, 6.45) is 1.94. The third-order valence-electron chi connectivity index (χ3n) is 6.88. The first-order chi connectivity index (χ1) is 15.0. The van der Waals surface area contributed by atoms with E-state index >= 15 is 0 Å². The summed E-state index contributed by atoms with van der Waals surface area (Å²) in [5, 5.41) is 8.88. The van der Waals surface area contributed by atoms with Crippen molar-refractivity contribution in [3.63, 3.8) is 0 Å². The van der Waals surface area contributed by atoms with Gasteiger partial charge in [0, 0.05) is 27.7 Å². The second-order valence-corrected chi connectivity index (χ2v) is 9.75. The molecule has 0 radical (unpaired) electrons. The van der Waals surface area contributed by atoms with E-state index in [1.165, 1.54) is 59.8 Å². The molecule has 0 spiro atoms. The van der Waals surface area contributed by atoms with Gasteiger partial charge in [0.15, 0.2) is 0 Å². The van der Waals surface area contributed by atoms with Crippen LogP contribution in [-0.2, 0) is 5.41 Å². The number of aromatic nitrogens is 2. The highest BCUT2D eigenvalue weighted by Crippen LogP contribution is 2.42. The summed E-state index contributed by atoms with van der Waals surface area (Å²) in [7, 11) is 0. The van der Waals surface area contributed by atoms with E-state index in [1.54, 1.807) is 0 Å². The van der Waals surface area contributed by atoms with E-state index in [9.17, 15) is 0 Å². The molecule has 3 aromatic heterocycles. The first-order valence-electron chi connectivity index (χ1n) is 10.9. The fourth-order valence-electron chi connectivity index (χ4n) is 5.29. The van der Waals surface area contributed by atoms with Crippen LogP contribution in [0, 0.1) is 0 Å². The van der Waals surface area contributed by atoms with Crippen molar-refractivity contribution in [2.24, 2.45) is 0 Å². The Morgan fingerprint density at radius 1 is 0.677 bits per heavy atom. The average molecular weight is 399 g/mol. The molecule has 3 heterocycles. The topological polar surface area (TPSA) is 17.3 Å². The van der Waals surface area contributed by atoms with Gasteiger partial charge >= 0.3 is 0 Å². The van der Waals surface area contributed by atoms with Crippen molar-refractivity contribution in [1.82, 2.24) is 9.38 Å². The van der Waals surface area contributed by atoms with Crippen molar-refractivity contribution in [2.45, 2.75) is 26.2 Å². The van der Waals surface area contributed by atoms with Crippen LogP contribution < -0.4 is 0 Å². The first-order valence-corrected chi connectivity index (χ1v) is 10.9. The van der Waals surface area contributed by atoms with Crippen molar-refractivity contribution < 1.29 is 0 Å². The van der Waals surface area contributed by atoms with Gasteiger partial charge in [-0.1, -0.05) is 69.3 Å². The summed E-state index contributed by atoms with van der Waals surface area (Å²) in [6.45, 7) is 6.84. The molecular formula is C29H22N2. The van der Waals surface area contributed by atoms with Crippen LogP contribution in [0.5, 0.6) is 0 Å². The Hall–Kier alpha value is -3.65. The number of hydrogen-bond donors (Lipinski definition) is 0. The minimum Gasteiger partial charge on any atom is -0.308 e. The third-order valence-corrected chi connectivity index (χ3v) is 6.88. The molecule has 0 saturated heterocycles. The van der Waals surface area contributed by atoms with Crippen LogP contribution in [-0.4, -0.2) is 9.38 Å². The lowest BCUT2D eigenvalue weighted by atomic mass is 9.86. The maximum atomic E-state index is 4.87. The van der Waals surface area contributed by atoms with Crippen molar-refractivity contribution in [3.05, 3.63) is 84.6 Å². The maximum Gasteiger partial charge on any atom is 0.0822 e. The number of nitrogens with zero attached hydrogens (tertiary/aromatic N) is 2. The number of rotatable bonds is 0. The average Bonchev–Trinajstić information content (AvgIpc) is 3.10. The summed E-state index contributed by atoms with van der Waals surface area (Å²) in [4.78, 5) is 4.87. The zero-order valence-electron chi connectivity index (χ0n) is 17.9. The molecule has 0 N–H and O–H groups in total. The summed E-state index contributed by atoms with van der Waals surface area (Å²) in [5.41, 5.74) is 6.31. The number of fused-ring (bicyclic) bond motifs is 7. The van der Waals surface area contributed by atoms with Crippen molar-refractivity contribution in [1.29, 1.82) is 0 Å². The Balaban J connectivity index is 1.85. The van der Waals surface area contributed by atoms with Gasteiger partial charge in [-0.05, 0) is 51.4 Å². The van der Waals surface area contributed by atoms with Crippen molar-refractivity contribution in [3.8, 4) is 0 Å².